The lowest BCUT2D eigenvalue weighted by Gasteiger charge is -2.36. The molecule has 2 aliphatic heterocycles. The number of carbonyl (C=O) groups is 4. The van der Waals surface area contributed by atoms with Crippen molar-refractivity contribution >= 4 is 40.8 Å². The van der Waals surface area contributed by atoms with E-state index in [0.717, 1.165) is 53.7 Å². The number of hydrogen-bond donors (Lipinski definition) is 4. The number of carboxylic acids is 1. The number of aromatic nitrogens is 2. The van der Waals surface area contributed by atoms with Crippen LogP contribution in [0.4, 0.5) is 5.82 Å². The maximum atomic E-state index is 14.0. The fraction of sp³-hybridized carbons (Fsp3) is 0.514. The van der Waals surface area contributed by atoms with E-state index in [4.69, 9.17) is 9.84 Å². The van der Waals surface area contributed by atoms with Crippen molar-refractivity contribution in [3.8, 4) is 10.4 Å². The van der Waals surface area contributed by atoms with Gasteiger partial charge in [0.1, 0.15) is 24.5 Å². The number of aryl methyl sites for hydroxylation is 1. The molecule has 14 nitrogen and oxygen atoms in total. The van der Waals surface area contributed by atoms with Crippen LogP contribution < -0.4 is 15.5 Å². The number of thiazole rings is 1. The second-order valence-corrected chi connectivity index (χ2v) is 15.3. The summed E-state index contributed by atoms with van der Waals surface area (Å²) >= 11 is 1.57. The summed E-state index contributed by atoms with van der Waals surface area (Å²) < 4.78 is 5.69. The molecule has 3 amide bonds. The summed E-state index contributed by atoms with van der Waals surface area (Å²) in [5.41, 5.74) is 4.19. The first-order valence-electron chi connectivity index (χ1n) is 17.5. The Bertz CT molecular complexity index is 1700. The molecule has 1 aromatic carbocycles. The van der Waals surface area contributed by atoms with Crippen LogP contribution in [0, 0.1) is 12.3 Å². The number of hydrogen-bond acceptors (Lipinski definition) is 11. The smallest absolute Gasteiger partial charge is 0.337 e. The zero-order valence-corrected chi connectivity index (χ0v) is 31.2. The number of likely N-dealkylation sites (tertiary alicyclic amines) is 1. The third kappa shape index (κ3) is 9.70. The van der Waals surface area contributed by atoms with Crippen LogP contribution in [0.3, 0.4) is 0 Å². The Morgan fingerprint density at radius 1 is 1.02 bits per heavy atom. The van der Waals surface area contributed by atoms with Crippen molar-refractivity contribution in [3.63, 3.8) is 0 Å². The van der Waals surface area contributed by atoms with Gasteiger partial charge in [0.15, 0.2) is 0 Å². The van der Waals surface area contributed by atoms with Crippen LogP contribution in [-0.2, 0) is 19.1 Å². The predicted octanol–water partition coefficient (Wildman–Crippen LogP) is 2.72. The number of benzene rings is 1. The Morgan fingerprint density at radius 2 is 1.73 bits per heavy atom. The molecule has 0 radical (unpaired) electrons. The Morgan fingerprint density at radius 3 is 2.33 bits per heavy atom. The van der Waals surface area contributed by atoms with Crippen LogP contribution in [0.1, 0.15) is 61.8 Å². The van der Waals surface area contributed by atoms with Crippen LogP contribution in [-0.4, -0.2) is 124 Å². The lowest BCUT2D eigenvalue weighted by Crippen LogP contribution is -2.58. The molecule has 4 atom stereocenters. The highest BCUT2D eigenvalue weighted by Gasteiger charge is 2.44. The molecule has 0 spiro atoms. The fourth-order valence-corrected chi connectivity index (χ4v) is 7.29. The van der Waals surface area contributed by atoms with Crippen molar-refractivity contribution in [2.45, 2.75) is 65.3 Å². The summed E-state index contributed by atoms with van der Waals surface area (Å²) in [4.78, 5) is 67.0. The summed E-state index contributed by atoms with van der Waals surface area (Å²) in [6, 6.07) is 9.01. The van der Waals surface area contributed by atoms with Crippen LogP contribution >= 0.6 is 11.3 Å². The highest BCUT2D eigenvalue weighted by Crippen LogP contribution is 2.29. The van der Waals surface area contributed by atoms with Gasteiger partial charge >= 0.3 is 5.97 Å². The highest BCUT2D eigenvalue weighted by atomic mass is 32.1. The predicted molar refractivity (Wildman–Crippen MR) is 197 cm³/mol. The molecule has 2 aliphatic rings. The SMILES string of the molecule is Cc1ncsc1-c1ccc(C(C)NC(=O)[C@@H]2C[C@@H](O)CN2C(=O)C(NC(=O)COCCN2CCN(c3ccc(C(=O)O)cn3)CC2)C(C)(C)C)cc1. The number of aliphatic hydroxyl groups excluding tert-OH is 1. The number of carboxylic acid groups (broad SMARTS) is 1. The molecule has 280 valence electrons. The molecular formula is C37H49N7O7S. The van der Waals surface area contributed by atoms with E-state index in [1.54, 1.807) is 23.5 Å². The standard InChI is InChI=1S/C37H49N7O7S/c1-23(25-6-8-26(9-7-25)32-24(2)39-22-52-32)40-34(47)29-18-28(45)20-44(29)35(48)33(37(3,4)5)41-31(46)21-51-17-16-42-12-14-43(15-13-42)30-11-10-27(19-38-30)36(49)50/h6-11,19,22-23,28-29,33,45H,12-18,20-21H2,1-5H3,(H,40,47)(H,41,46)(H,49,50)/t23?,28-,29+,33?/m1/s1. The molecule has 4 heterocycles. The minimum Gasteiger partial charge on any atom is -0.478 e. The van der Waals surface area contributed by atoms with E-state index < -0.39 is 41.4 Å². The van der Waals surface area contributed by atoms with Gasteiger partial charge in [-0.05, 0) is 42.5 Å². The largest absolute Gasteiger partial charge is 0.478 e. The van der Waals surface area contributed by atoms with Crippen molar-refractivity contribution in [3.05, 3.63) is 64.9 Å². The number of piperazine rings is 1. The van der Waals surface area contributed by atoms with Gasteiger partial charge in [0, 0.05) is 51.9 Å². The Hall–Kier alpha value is -4.44. The lowest BCUT2D eigenvalue weighted by molar-refractivity contribution is -0.144. The number of ether oxygens (including phenoxy) is 1. The van der Waals surface area contributed by atoms with Crippen LogP contribution in [0.25, 0.3) is 10.4 Å². The maximum Gasteiger partial charge on any atom is 0.337 e. The molecule has 0 bridgehead atoms. The maximum absolute atomic E-state index is 14.0. The Balaban J connectivity index is 1.09. The number of amides is 3. The van der Waals surface area contributed by atoms with Crippen molar-refractivity contribution in [2.75, 3.05) is 57.4 Å². The molecule has 15 heteroatoms. The van der Waals surface area contributed by atoms with Gasteiger partial charge in [-0.2, -0.15) is 0 Å². The van der Waals surface area contributed by atoms with Gasteiger partial charge in [0.2, 0.25) is 17.7 Å². The van der Waals surface area contributed by atoms with E-state index in [1.165, 1.54) is 11.1 Å². The number of aliphatic hydroxyl groups is 1. The molecule has 2 unspecified atom stereocenters. The molecule has 3 aromatic rings. The normalized spacial score (nSPS) is 19.3. The average Bonchev–Trinajstić information content (AvgIpc) is 3.73. The van der Waals surface area contributed by atoms with Crippen molar-refractivity contribution in [1.82, 2.24) is 30.4 Å². The van der Waals surface area contributed by atoms with Gasteiger partial charge < -0.3 is 35.4 Å². The number of pyridine rings is 1. The van der Waals surface area contributed by atoms with Gasteiger partial charge in [-0.3, -0.25) is 19.3 Å². The topological polar surface area (TPSA) is 178 Å². The molecule has 2 aromatic heterocycles. The van der Waals surface area contributed by atoms with Gasteiger partial charge in [0.25, 0.3) is 0 Å². The quantitative estimate of drug-likeness (QED) is 0.190. The minimum absolute atomic E-state index is 0.00980. The molecule has 0 aliphatic carbocycles. The van der Waals surface area contributed by atoms with E-state index in [1.807, 2.05) is 64.4 Å². The van der Waals surface area contributed by atoms with Gasteiger partial charge in [-0.25, -0.2) is 14.8 Å². The summed E-state index contributed by atoms with van der Waals surface area (Å²) in [5, 5.41) is 25.5. The van der Waals surface area contributed by atoms with E-state index in [0.29, 0.717) is 13.2 Å². The number of nitrogens with one attached hydrogen (secondary N) is 2. The van der Waals surface area contributed by atoms with Crippen LogP contribution in [0.15, 0.2) is 48.1 Å². The van der Waals surface area contributed by atoms with Crippen molar-refractivity contribution in [2.24, 2.45) is 5.41 Å². The van der Waals surface area contributed by atoms with Crippen molar-refractivity contribution < 1.29 is 34.1 Å². The van der Waals surface area contributed by atoms with E-state index in [9.17, 15) is 24.3 Å². The van der Waals surface area contributed by atoms with E-state index >= 15 is 0 Å². The average molecular weight is 736 g/mol. The summed E-state index contributed by atoms with van der Waals surface area (Å²) in [7, 11) is 0. The van der Waals surface area contributed by atoms with Gasteiger partial charge in [0.05, 0.1) is 40.4 Å². The molecule has 4 N–H and O–H groups in total. The van der Waals surface area contributed by atoms with Crippen LogP contribution in [0.5, 0.6) is 0 Å². The van der Waals surface area contributed by atoms with Gasteiger partial charge in [-0.1, -0.05) is 45.0 Å². The third-order valence-electron chi connectivity index (χ3n) is 9.54. The highest BCUT2D eigenvalue weighted by molar-refractivity contribution is 7.13. The number of carbonyl (C=O) groups excluding carboxylic acids is 3. The molecule has 2 saturated heterocycles. The Kier molecular flexibility index (Phi) is 12.6. The first kappa shape index (κ1) is 38.8. The summed E-state index contributed by atoms with van der Waals surface area (Å²) in [6.07, 6.45) is 0.592. The molecule has 5 rings (SSSR count). The van der Waals surface area contributed by atoms with Crippen LogP contribution in [0.2, 0.25) is 0 Å². The fourth-order valence-electron chi connectivity index (χ4n) is 6.48. The zero-order valence-electron chi connectivity index (χ0n) is 30.4. The Labute approximate surface area is 308 Å². The zero-order chi connectivity index (χ0) is 37.6. The second kappa shape index (κ2) is 16.9. The monoisotopic (exact) mass is 735 g/mol. The first-order chi connectivity index (χ1) is 24.7. The second-order valence-electron chi connectivity index (χ2n) is 14.5. The van der Waals surface area contributed by atoms with Crippen molar-refractivity contribution in [1.29, 1.82) is 0 Å². The van der Waals surface area contributed by atoms with E-state index in [-0.39, 0.29) is 37.1 Å². The molecule has 2 fully saturated rings. The third-order valence-corrected chi connectivity index (χ3v) is 10.5. The summed E-state index contributed by atoms with van der Waals surface area (Å²) in [6.45, 7) is 13.0. The lowest BCUT2D eigenvalue weighted by atomic mass is 9.85. The number of β-amino-alcohol motifs (C(OH)–C–C–N with tert-alkyl or cyclic N) is 1. The van der Waals surface area contributed by atoms with Gasteiger partial charge in [-0.15, -0.1) is 11.3 Å². The summed E-state index contributed by atoms with van der Waals surface area (Å²) in [5.74, 6) is -1.52. The molecule has 52 heavy (non-hydrogen) atoms. The number of nitrogens with zero attached hydrogens (tertiary/aromatic N) is 5. The van der Waals surface area contributed by atoms with E-state index in [2.05, 4.69) is 30.4 Å². The molecule has 0 saturated carbocycles. The molecular weight excluding hydrogens is 687 g/mol. The number of rotatable bonds is 13. The minimum atomic E-state index is -1.01. The number of aromatic carboxylic acids is 1. The number of anilines is 1. The first-order valence-corrected chi connectivity index (χ1v) is 18.4.